The summed E-state index contributed by atoms with van der Waals surface area (Å²) in [6, 6.07) is 10.2. The minimum Gasteiger partial charge on any atom is -0.308 e. The van der Waals surface area contributed by atoms with Crippen LogP contribution in [0.5, 0.6) is 0 Å². The predicted octanol–water partition coefficient (Wildman–Crippen LogP) is 2.56. The fraction of sp³-hybridized carbons (Fsp3) is 0.471. The smallest absolute Gasteiger partial charge is 0.0346 e. The van der Waals surface area contributed by atoms with Gasteiger partial charge in [-0.15, -0.1) is 0 Å². The average molecular weight is 267 g/mol. The van der Waals surface area contributed by atoms with Crippen molar-refractivity contribution in [2.75, 3.05) is 13.1 Å². The highest BCUT2D eigenvalue weighted by atomic mass is 15.2. The van der Waals surface area contributed by atoms with Crippen molar-refractivity contribution in [2.24, 2.45) is 0 Å². The van der Waals surface area contributed by atoms with E-state index in [2.05, 4.69) is 39.5 Å². The van der Waals surface area contributed by atoms with Gasteiger partial charge in [0.2, 0.25) is 0 Å². The van der Waals surface area contributed by atoms with E-state index in [-0.39, 0.29) is 0 Å². The molecule has 0 radical (unpaired) electrons. The summed E-state index contributed by atoms with van der Waals surface area (Å²) in [6.45, 7) is 3.57. The molecule has 1 N–H and O–H groups in total. The molecule has 2 fully saturated rings. The summed E-state index contributed by atoms with van der Waals surface area (Å²) in [6.07, 6.45) is 7.86. The first-order valence-electron chi connectivity index (χ1n) is 7.70. The second-order valence-electron chi connectivity index (χ2n) is 6.08. The molecule has 3 heteroatoms. The van der Waals surface area contributed by atoms with Gasteiger partial charge in [0.1, 0.15) is 0 Å². The minimum absolute atomic E-state index is 0.686. The Hall–Kier alpha value is -1.45. The lowest BCUT2D eigenvalue weighted by Gasteiger charge is -2.21. The summed E-state index contributed by atoms with van der Waals surface area (Å²) in [5, 5.41) is 6.28. The molecule has 0 amide bonds. The van der Waals surface area contributed by atoms with Gasteiger partial charge in [0.05, 0.1) is 0 Å². The monoisotopic (exact) mass is 267 g/mol. The van der Waals surface area contributed by atoms with E-state index >= 15 is 0 Å². The van der Waals surface area contributed by atoms with Gasteiger partial charge in [-0.1, -0.05) is 12.1 Å². The molecule has 2 aromatic rings. The highest BCUT2D eigenvalue weighted by Gasteiger charge is 2.36. The Morgan fingerprint density at radius 2 is 2.15 bits per heavy atom. The molecule has 0 bridgehead atoms. The lowest BCUT2D eigenvalue weighted by Crippen LogP contribution is -2.38. The largest absolute Gasteiger partial charge is 0.308 e. The first-order chi connectivity index (χ1) is 9.90. The van der Waals surface area contributed by atoms with Gasteiger partial charge in [0.15, 0.2) is 0 Å². The summed E-state index contributed by atoms with van der Waals surface area (Å²) in [5.41, 5.74) is 1.38. The van der Waals surface area contributed by atoms with E-state index in [0.29, 0.717) is 6.04 Å². The lowest BCUT2D eigenvalue weighted by molar-refractivity contribution is 0.298. The van der Waals surface area contributed by atoms with Crippen molar-refractivity contribution < 1.29 is 0 Å². The van der Waals surface area contributed by atoms with E-state index in [0.717, 1.165) is 12.6 Å². The van der Waals surface area contributed by atoms with Crippen molar-refractivity contribution in [1.29, 1.82) is 0 Å². The van der Waals surface area contributed by atoms with Crippen LogP contribution >= 0.6 is 0 Å². The van der Waals surface area contributed by atoms with Crippen molar-refractivity contribution in [3.8, 4) is 0 Å². The predicted molar refractivity (Wildman–Crippen MR) is 81.6 cm³/mol. The number of fused-ring (bicyclic) bond motifs is 2. The molecule has 104 valence electrons. The third-order valence-electron chi connectivity index (χ3n) is 4.88. The summed E-state index contributed by atoms with van der Waals surface area (Å²) >= 11 is 0. The van der Waals surface area contributed by atoms with Crippen LogP contribution in [0.1, 0.15) is 24.8 Å². The second kappa shape index (κ2) is 5.15. The number of nitrogens with one attached hydrogen (secondary N) is 1. The Morgan fingerprint density at radius 1 is 1.15 bits per heavy atom. The van der Waals surface area contributed by atoms with Crippen LogP contribution in [0.4, 0.5) is 0 Å². The van der Waals surface area contributed by atoms with Crippen molar-refractivity contribution in [3.05, 3.63) is 42.2 Å². The van der Waals surface area contributed by atoms with Crippen molar-refractivity contribution in [2.45, 2.75) is 37.9 Å². The van der Waals surface area contributed by atoms with Crippen molar-refractivity contribution >= 4 is 10.8 Å². The number of pyridine rings is 1. The highest BCUT2D eigenvalue weighted by Crippen LogP contribution is 2.28. The number of nitrogens with zero attached hydrogens (tertiary/aromatic N) is 2. The second-order valence-corrected chi connectivity index (χ2v) is 6.08. The van der Waals surface area contributed by atoms with Gasteiger partial charge < -0.3 is 5.32 Å². The maximum atomic E-state index is 4.17. The van der Waals surface area contributed by atoms with Crippen molar-refractivity contribution in [1.82, 2.24) is 15.2 Å². The van der Waals surface area contributed by atoms with Crippen molar-refractivity contribution in [3.63, 3.8) is 0 Å². The van der Waals surface area contributed by atoms with Gasteiger partial charge in [0.25, 0.3) is 0 Å². The topological polar surface area (TPSA) is 28.2 Å². The third-order valence-corrected chi connectivity index (χ3v) is 4.88. The van der Waals surface area contributed by atoms with Crippen LogP contribution in [-0.4, -0.2) is 35.1 Å². The highest BCUT2D eigenvalue weighted by molar-refractivity contribution is 5.81. The average Bonchev–Trinajstić information content (AvgIpc) is 3.08. The molecule has 4 rings (SSSR count). The molecule has 1 aromatic carbocycles. The molecular weight excluding hydrogens is 246 g/mol. The van der Waals surface area contributed by atoms with Gasteiger partial charge in [-0.3, -0.25) is 9.88 Å². The molecule has 2 unspecified atom stereocenters. The summed E-state index contributed by atoms with van der Waals surface area (Å²) in [5.74, 6) is 0. The molecule has 0 saturated carbocycles. The van der Waals surface area contributed by atoms with Gasteiger partial charge in [-0.25, -0.2) is 0 Å². The molecule has 1 aromatic heterocycles. The maximum absolute atomic E-state index is 4.17. The number of hydrogen-bond acceptors (Lipinski definition) is 3. The molecule has 2 aliphatic rings. The van der Waals surface area contributed by atoms with Gasteiger partial charge in [0, 0.05) is 43.0 Å². The van der Waals surface area contributed by atoms with E-state index in [1.807, 2.05) is 12.4 Å². The zero-order chi connectivity index (χ0) is 13.4. The molecule has 2 aliphatic heterocycles. The number of benzene rings is 1. The normalized spacial score (nSPS) is 26.2. The van der Waals surface area contributed by atoms with Crippen LogP contribution in [-0.2, 0) is 6.54 Å². The van der Waals surface area contributed by atoms with Crippen LogP contribution < -0.4 is 5.32 Å². The summed E-state index contributed by atoms with van der Waals surface area (Å²) in [7, 11) is 0. The Balaban J connectivity index is 1.45. The fourth-order valence-electron chi connectivity index (χ4n) is 3.81. The fourth-order valence-corrected chi connectivity index (χ4v) is 3.81. The van der Waals surface area contributed by atoms with Gasteiger partial charge in [-0.05, 0) is 48.9 Å². The number of aromatic nitrogens is 1. The van der Waals surface area contributed by atoms with Crippen LogP contribution in [0, 0.1) is 0 Å². The van der Waals surface area contributed by atoms with Gasteiger partial charge >= 0.3 is 0 Å². The van der Waals surface area contributed by atoms with Crippen LogP contribution in [0.2, 0.25) is 0 Å². The molecule has 3 heterocycles. The summed E-state index contributed by atoms with van der Waals surface area (Å²) < 4.78 is 0. The van der Waals surface area contributed by atoms with E-state index in [1.165, 1.54) is 48.7 Å². The standard InChI is InChI=1S/C17H21N3/c1-2-17-16(6-9-20(17)8-1)19-11-13-3-4-15-12-18-7-5-14(15)10-13/h3-5,7,10,12,16-17,19H,1-2,6,8-9,11H2. The van der Waals surface area contributed by atoms with Crippen LogP contribution in [0.3, 0.4) is 0 Å². The van der Waals surface area contributed by atoms with E-state index < -0.39 is 0 Å². The van der Waals surface area contributed by atoms with Gasteiger partial charge in [-0.2, -0.15) is 0 Å². The Kier molecular flexibility index (Phi) is 3.17. The minimum atomic E-state index is 0.686. The van der Waals surface area contributed by atoms with Crippen LogP contribution in [0.25, 0.3) is 10.8 Å². The molecule has 0 aliphatic carbocycles. The quantitative estimate of drug-likeness (QED) is 0.926. The Bertz CT molecular complexity index is 610. The van der Waals surface area contributed by atoms with E-state index in [4.69, 9.17) is 0 Å². The maximum Gasteiger partial charge on any atom is 0.0346 e. The van der Waals surface area contributed by atoms with Crippen LogP contribution in [0.15, 0.2) is 36.7 Å². The Labute approximate surface area is 120 Å². The third kappa shape index (κ3) is 2.21. The molecule has 0 spiro atoms. The zero-order valence-electron chi connectivity index (χ0n) is 11.8. The Morgan fingerprint density at radius 3 is 3.15 bits per heavy atom. The number of rotatable bonds is 3. The molecule has 2 saturated heterocycles. The molecule has 2 atom stereocenters. The molecule has 20 heavy (non-hydrogen) atoms. The van der Waals surface area contributed by atoms with E-state index in [1.54, 1.807) is 0 Å². The SMILES string of the molecule is c1cc2cc(CNC3CCN4CCCC34)ccc2cn1. The first-order valence-corrected chi connectivity index (χ1v) is 7.70. The number of hydrogen-bond donors (Lipinski definition) is 1. The lowest BCUT2D eigenvalue weighted by atomic mass is 10.1. The zero-order valence-corrected chi connectivity index (χ0v) is 11.8. The first kappa shape index (κ1) is 12.3. The molecule has 3 nitrogen and oxygen atoms in total. The molecular formula is C17H21N3. The summed E-state index contributed by atoms with van der Waals surface area (Å²) in [4.78, 5) is 6.82. The van der Waals surface area contributed by atoms with E-state index in [9.17, 15) is 0 Å².